The van der Waals surface area contributed by atoms with Crippen LogP contribution in [0.4, 0.5) is 0 Å². The Bertz CT molecular complexity index is 486. The Balaban J connectivity index is 2.39. The molecule has 6 nitrogen and oxygen atoms in total. The molecule has 1 aromatic carbocycles. The summed E-state index contributed by atoms with van der Waals surface area (Å²) in [6.07, 6.45) is -0.00243. The van der Waals surface area contributed by atoms with Gasteiger partial charge in [-0.25, -0.2) is 0 Å². The zero-order valence-electron chi connectivity index (χ0n) is 15.0. The van der Waals surface area contributed by atoms with Gasteiger partial charge in [0, 0.05) is 20.7 Å². The lowest BCUT2D eigenvalue weighted by molar-refractivity contribution is 0.0268. The monoisotopic (exact) mass is 323 g/mol. The number of benzene rings is 1. The first-order chi connectivity index (χ1) is 10.9. The van der Waals surface area contributed by atoms with Crippen molar-refractivity contribution in [2.75, 3.05) is 34.4 Å². The molecule has 0 spiro atoms. The Hall–Kier alpha value is -1.95. The zero-order chi connectivity index (χ0) is 17.3. The Morgan fingerprint density at radius 3 is 2.26 bits per heavy atom. The van der Waals surface area contributed by atoms with Crippen LogP contribution in [0.3, 0.4) is 0 Å². The molecule has 2 N–H and O–H groups in total. The Labute approximate surface area is 139 Å². The third-order valence-electron chi connectivity index (χ3n) is 3.41. The summed E-state index contributed by atoms with van der Waals surface area (Å²) in [5.74, 6) is 2.34. The van der Waals surface area contributed by atoms with E-state index in [-0.39, 0.29) is 11.7 Å². The lowest BCUT2D eigenvalue weighted by Gasteiger charge is -2.25. The molecule has 0 aliphatic heterocycles. The second-order valence-corrected chi connectivity index (χ2v) is 5.87. The van der Waals surface area contributed by atoms with Crippen LogP contribution in [-0.4, -0.2) is 52.0 Å². The molecule has 0 aliphatic rings. The largest absolute Gasteiger partial charge is 0.497 e. The van der Waals surface area contributed by atoms with Crippen molar-refractivity contribution in [3.8, 4) is 11.5 Å². The van der Waals surface area contributed by atoms with Gasteiger partial charge in [0.1, 0.15) is 17.6 Å². The van der Waals surface area contributed by atoms with Crippen LogP contribution in [-0.2, 0) is 4.74 Å². The van der Waals surface area contributed by atoms with E-state index in [1.807, 2.05) is 45.0 Å². The van der Waals surface area contributed by atoms with Gasteiger partial charge in [-0.3, -0.25) is 4.99 Å². The van der Waals surface area contributed by atoms with Crippen molar-refractivity contribution in [3.05, 3.63) is 24.3 Å². The number of nitrogens with one attached hydrogen (secondary N) is 2. The molecule has 1 aromatic rings. The fourth-order valence-electron chi connectivity index (χ4n) is 1.76. The molecule has 6 heteroatoms. The summed E-state index contributed by atoms with van der Waals surface area (Å²) in [5.41, 5.74) is -0.247. The van der Waals surface area contributed by atoms with Gasteiger partial charge in [0.15, 0.2) is 5.96 Å². The minimum atomic E-state index is -0.247. The van der Waals surface area contributed by atoms with Crippen molar-refractivity contribution in [3.63, 3.8) is 0 Å². The summed E-state index contributed by atoms with van der Waals surface area (Å²) >= 11 is 0. The molecule has 1 unspecified atom stereocenters. The van der Waals surface area contributed by atoms with Gasteiger partial charge < -0.3 is 24.8 Å². The van der Waals surface area contributed by atoms with Crippen LogP contribution < -0.4 is 20.1 Å². The summed E-state index contributed by atoms with van der Waals surface area (Å²) in [5, 5.41) is 6.48. The number of aliphatic imine (C=N–C) groups is 1. The first kappa shape index (κ1) is 19.1. The number of hydrogen-bond acceptors (Lipinski definition) is 4. The Morgan fingerprint density at radius 1 is 1.13 bits per heavy atom. The summed E-state index contributed by atoms with van der Waals surface area (Å²) < 4.78 is 16.4. The van der Waals surface area contributed by atoms with Crippen LogP contribution in [0.1, 0.15) is 20.8 Å². The highest BCUT2D eigenvalue weighted by molar-refractivity contribution is 5.79. The van der Waals surface area contributed by atoms with Crippen molar-refractivity contribution in [2.24, 2.45) is 4.99 Å². The maximum Gasteiger partial charge on any atom is 0.191 e. The molecule has 23 heavy (non-hydrogen) atoms. The van der Waals surface area contributed by atoms with Crippen LogP contribution in [0.2, 0.25) is 0 Å². The number of guanidine groups is 1. The average Bonchev–Trinajstić information content (AvgIpc) is 2.55. The molecular formula is C17H29N3O3. The van der Waals surface area contributed by atoms with E-state index in [1.165, 1.54) is 0 Å². The van der Waals surface area contributed by atoms with E-state index in [1.54, 1.807) is 21.3 Å². The number of nitrogens with zero attached hydrogens (tertiary/aromatic N) is 1. The second kappa shape index (κ2) is 9.25. The standard InChI is InChI=1S/C17H29N3O3/c1-13(23-15-9-7-14(21-5)8-10-15)11-19-16(18-4)20-12-17(2,3)22-6/h7-10,13H,11-12H2,1-6H3,(H2,18,19,20). The van der Waals surface area contributed by atoms with Gasteiger partial charge in [-0.15, -0.1) is 0 Å². The van der Waals surface area contributed by atoms with Gasteiger partial charge in [0.05, 0.1) is 19.3 Å². The van der Waals surface area contributed by atoms with E-state index in [0.29, 0.717) is 13.1 Å². The van der Waals surface area contributed by atoms with Gasteiger partial charge in [-0.05, 0) is 45.0 Å². The summed E-state index contributed by atoms with van der Waals surface area (Å²) in [4.78, 5) is 4.19. The van der Waals surface area contributed by atoms with Crippen molar-refractivity contribution >= 4 is 5.96 Å². The SMILES string of the molecule is CN=C(NCC(C)Oc1ccc(OC)cc1)NCC(C)(C)OC. The van der Waals surface area contributed by atoms with Crippen LogP contribution >= 0.6 is 0 Å². The highest BCUT2D eigenvalue weighted by Gasteiger charge is 2.16. The topological polar surface area (TPSA) is 64.1 Å². The normalized spacial score (nSPS) is 13.4. The number of methoxy groups -OCH3 is 2. The lowest BCUT2D eigenvalue weighted by Crippen LogP contribution is -2.47. The first-order valence-electron chi connectivity index (χ1n) is 7.70. The third kappa shape index (κ3) is 7.23. The van der Waals surface area contributed by atoms with Crippen molar-refractivity contribution < 1.29 is 14.2 Å². The fraction of sp³-hybridized carbons (Fsp3) is 0.588. The van der Waals surface area contributed by atoms with Gasteiger partial charge in [-0.2, -0.15) is 0 Å². The van der Waals surface area contributed by atoms with E-state index in [4.69, 9.17) is 14.2 Å². The number of ether oxygens (including phenoxy) is 3. The minimum Gasteiger partial charge on any atom is -0.497 e. The van der Waals surface area contributed by atoms with Crippen molar-refractivity contribution in [1.82, 2.24) is 10.6 Å². The molecule has 0 saturated carbocycles. The van der Waals surface area contributed by atoms with E-state index in [0.717, 1.165) is 17.5 Å². The maximum absolute atomic E-state index is 5.85. The number of rotatable bonds is 8. The van der Waals surface area contributed by atoms with Crippen LogP contribution in [0.15, 0.2) is 29.3 Å². The van der Waals surface area contributed by atoms with Gasteiger partial charge in [0.2, 0.25) is 0 Å². The van der Waals surface area contributed by atoms with Crippen LogP contribution in [0.25, 0.3) is 0 Å². The molecular weight excluding hydrogens is 294 g/mol. The maximum atomic E-state index is 5.85. The van der Waals surface area contributed by atoms with Crippen molar-refractivity contribution in [1.29, 1.82) is 0 Å². The predicted octanol–water partition coefficient (Wildman–Crippen LogP) is 2.05. The molecule has 0 aliphatic carbocycles. The van der Waals surface area contributed by atoms with Crippen LogP contribution in [0.5, 0.6) is 11.5 Å². The highest BCUT2D eigenvalue weighted by Crippen LogP contribution is 2.17. The fourth-order valence-corrected chi connectivity index (χ4v) is 1.76. The molecule has 1 atom stereocenters. The van der Waals surface area contributed by atoms with E-state index >= 15 is 0 Å². The highest BCUT2D eigenvalue weighted by atomic mass is 16.5. The number of hydrogen-bond donors (Lipinski definition) is 2. The summed E-state index contributed by atoms with van der Waals surface area (Å²) in [6, 6.07) is 7.54. The smallest absolute Gasteiger partial charge is 0.191 e. The molecule has 1 rings (SSSR count). The zero-order valence-corrected chi connectivity index (χ0v) is 15.0. The van der Waals surface area contributed by atoms with Crippen LogP contribution in [0, 0.1) is 0 Å². The molecule has 0 bridgehead atoms. The lowest BCUT2D eigenvalue weighted by atomic mass is 10.1. The first-order valence-corrected chi connectivity index (χ1v) is 7.70. The van der Waals surface area contributed by atoms with E-state index in [9.17, 15) is 0 Å². The Kier molecular flexibility index (Phi) is 7.68. The van der Waals surface area contributed by atoms with E-state index < -0.39 is 0 Å². The molecule has 130 valence electrons. The molecule has 0 fully saturated rings. The summed E-state index contributed by atoms with van der Waals surface area (Å²) in [7, 11) is 5.08. The summed E-state index contributed by atoms with van der Waals surface area (Å²) in [6.45, 7) is 7.34. The van der Waals surface area contributed by atoms with Gasteiger partial charge >= 0.3 is 0 Å². The molecule has 0 amide bonds. The minimum absolute atomic E-state index is 0.00243. The third-order valence-corrected chi connectivity index (χ3v) is 3.41. The van der Waals surface area contributed by atoms with E-state index in [2.05, 4.69) is 15.6 Å². The molecule has 0 saturated heterocycles. The molecule has 0 aromatic heterocycles. The Morgan fingerprint density at radius 2 is 1.74 bits per heavy atom. The molecule has 0 heterocycles. The predicted molar refractivity (Wildman–Crippen MR) is 93.5 cm³/mol. The molecule has 0 radical (unpaired) electrons. The second-order valence-electron chi connectivity index (χ2n) is 5.87. The quantitative estimate of drug-likeness (QED) is 0.566. The average molecular weight is 323 g/mol. The van der Waals surface area contributed by atoms with Crippen molar-refractivity contribution in [2.45, 2.75) is 32.5 Å². The van der Waals surface area contributed by atoms with Gasteiger partial charge in [0.25, 0.3) is 0 Å². The van der Waals surface area contributed by atoms with Gasteiger partial charge in [-0.1, -0.05) is 0 Å².